The monoisotopic (exact) mass is 240 g/mol. The highest BCUT2D eigenvalue weighted by atomic mass is 19.1. The summed E-state index contributed by atoms with van der Waals surface area (Å²) in [7, 11) is 0. The molecule has 0 fully saturated rings. The minimum absolute atomic E-state index is 0.309. The maximum Gasteiger partial charge on any atom is 0.181 e. The van der Waals surface area contributed by atoms with Gasteiger partial charge in [-0.05, 0) is 24.3 Å². The lowest BCUT2D eigenvalue weighted by Crippen LogP contribution is -1.84. The van der Waals surface area contributed by atoms with Gasteiger partial charge in [-0.25, -0.2) is 9.37 Å². The molecule has 0 aliphatic rings. The van der Waals surface area contributed by atoms with Crippen molar-refractivity contribution >= 4 is 0 Å². The minimum atomic E-state index is -0.309. The Labute approximate surface area is 103 Å². The van der Waals surface area contributed by atoms with Crippen molar-refractivity contribution in [2.24, 2.45) is 0 Å². The first-order chi connectivity index (χ1) is 8.83. The third-order valence-electron chi connectivity index (χ3n) is 2.48. The van der Waals surface area contributed by atoms with Crippen LogP contribution in [0.1, 0.15) is 0 Å². The largest absolute Gasteiger partial charge is 0.257 e. The number of halogens is 1. The Morgan fingerprint density at radius 1 is 1.06 bits per heavy atom. The van der Waals surface area contributed by atoms with Gasteiger partial charge in [0.1, 0.15) is 11.5 Å². The van der Waals surface area contributed by atoms with Gasteiger partial charge in [0, 0.05) is 11.8 Å². The predicted molar refractivity (Wildman–Crippen MR) is 65.0 cm³/mol. The van der Waals surface area contributed by atoms with E-state index in [-0.39, 0.29) is 5.82 Å². The second-order valence-electron chi connectivity index (χ2n) is 3.73. The summed E-state index contributed by atoms with van der Waals surface area (Å²) >= 11 is 0. The average molecular weight is 240 g/mol. The van der Waals surface area contributed by atoms with E-state index in [0.29, 0.717) is 22.9 Å². The fourth-order valence-corrected chi connectivity index (χ4v) is 1.64. The lowest BCUT2D eigenvalue weighted by atomic mass is 10.2. The van der Waals surface area contributed by atoms with Crippen LogP contribution in [0.25, 0.3) is 22.9 Å². The Morgan fingerprint density at radius 3 is 2.78 bits per heavy atom. The molecule has 1 N–H and O–H groups in total. The van der Waals surface area contributed by atoms with Crippen molar-refractivity contribution in [1.29, 1.82) is 0 Å². The van der Waals surface area contributed by atoms with Crippen molar-refractivity contribution in [3.05, 3.63) is 54.5 Å². The standard InChI is InChI=1S/C13H9FN4/c14-10-5-3-4-9(8-10)12-16-13(18-17-12)11-6-1-2-7-15-11/h1-8H,(H,16,17,18). The van der Waals surface area contributed by atoms with Crippen molar-refractivity contribution in [2.45, 2.75) is 0 Å². The first-order valence-corrected chi connectivity index (χ1v) is 5.43. The van der Waals surface area contributed by atoms with Crippen molar-refractivity contribution in [3.63, 3.8) is 0 Å². The van der Waals surface area contributed by atoms with Gasteiger partial charge < -0.3 is 0 Å². The molecule has 0 atom stereocenters. The topological polar surface area (TPSA) is 54.5 Å². The van der Waals surface area contributed by atoms with Gasteiger partial charge in [-0.1, -0.05) is 18.2 Å². The Kier molecular flexibility index (Phi) is 2.57. The predicted octanol–water partition coefficient (Wildman–Crippen LogP) is 2.67. The van der Waals surface area contributed by atoms with Crippen molar-refractivity contribution in [1.82, 2.24) is 20.2 Å². The number of nitrogens with one attached hydrogen (secondary N) is 1. The van der Waals surface area contributed by atoms with E-state index < -0.39 is 0 Å². The van der Waals surface area contributed by atoms with Crippen LogP contribution in [0.15, 0.2) is 48.7 Å². The number of hydrogen-bond donors (Lipinski definition) is 1. The molecule has 18 heavy (non-hydrogen) atoms. The summed E-state index contributed by atoms with van der Waals surface area (Å²) in [6, 6.07) is 11.7. The number of hydrogen-bond acceptors (Lipinski definition) is 3. The first-order valence-electron chi connectivity index (χ1n) is 5.43. The van der Waals surface area contributed by atoms with E-state index in [1.165, 1.54) is 12.1 Å². The number of H-pyrrole nitrogens is 1. The van der Waals surface area contributed by atoms with Crippen LogP contribution in [0.2, 0.25) is 0 Å². The zero-order chi connectivity index (χ0) is 12.4. The molecule has 0 saturated heterocycles. The zero-order valence-electron chi connectivity index (χ0n) is 9.34. The summed E-state index contributed by atoms with van der Waals surface area (Å²) in [5.74, 6) is 0.710. The number of rotatable bonds is 2. The molecule has 2 heterocycles. The van der Waals surface area contributed by atoms with Gasteiger partial charge in [-0.15, -0.1) is 0 Å². The Hall–Kier alpha value is -2.56. The molecule has 4 nitrogen and oxygen atoms in total. The minimum Gasteiger partial charge on any atom is -0.257 e. The maximum atomic E-state index is 13.1. The molecule has 0 bridgehead atoms. The smallest absolute Gasteiger partial charge is 0.181 e. The number of pyridine rings is 1. The number of aromatic nitrogens is 4. The van der Waals surface area contributed by atoms with E-state index in [1.807, 2.05) is 18.2 Å². The van der Waals surface area contributed by atoms with E-state index in [9.17, 15) is 4.39 Å². The molecule has 0 aliphatic carbocycles. The molecule has 0 spiro atoms. The molecule has 3 aromatic rings. The zero-order valence-corrected chi connectivity index (χ0v) is 9.34. The van der Waals surface area contributed by atoms with E-state index in [0.717, 1.165) is 0 Å². The van der Waals surface area contributed by atoms with Crippen LogP contribution >= 0.6 is 0 Å². The molecular formula is C13H9FN4. The second-order valence-corrected chi connectivity index (χ2v) is 3.73. The van der Waals surface area contributed by atoms with Crippen molar-refractivity contribution in [2.75, 3.05) is 0 Å². The molecule has 2 aromatic heterocycles. The number of aromatic amines is 1. The van der Waals surface area contributed by atoms with E-state index in [1.54, 1.807) is 18.3 Å². The highest BCUT2D eigenvalue weighted by Gasteiger charge is 2.08. The summed E-state index contributed by atoms with van der Waals surface area (Å²) in [5, 5.41) is 6.86. The lowest BCUT2D eigenvalue weighted by Gasteiger charge is -1.94. The van der Waals surface area contributed by atoms with Gasteiger partial charge >= 0.3 is 0 Å². The molecule has 3 rings (SSSR count). The SMILES string of the molecule is Fc1cccc(-c2n[nH]c(-c3ccccn3)n2)c1. The van der Waals surface area contributed by atoms with Gasteiger partial charge in [-0.2, -0.15) is 5.10 Å². The summed E-state index contributed by atoms with van der Waals surface area (Å²) in [6.07, 6.45) is 1.68. The lowest BCUT2D eigenvalue weighted by molar-refractivity contribution is 0.628. The fraction of sp³-hybridized carbons (Fsp3) is 0. The van der Waals surface area contributed by atoms with Crippen LogP contribution < -0.4 is 0 Å². The van der Waals surface area contributed by atoms with Crippen LogP contribution in [-0.4, -0.2) is 20.2 Å². The molecule has 0 amide bonds. The Balaban J connectivity index is 2.00. The normalized spacial score (nSPS) is 10.5. The van der Waals surface area contributed by atoms with Crippen molar-refractivity contribution < 1.29 is 4.39 Å². The molecule has 0 unspecified atom stereocenters. The molecular weight excluding hydrogens is 231 g/mol. The van der Waals surface area contributed by atoms with Crippen LogP contribution in [0, 0.1) is 5.82 Å². The molecule has 0 aliphatic heterocycles. The summed E-state index contributed by atoms with van der Waals surface area (Å²) in [6.45, 7) is 0. The van der Waals surface area contributed by atoms with E-state index in [4.69, 9.17) is 0 Å². The van der Waals surface area contributed by atoms with Gasteiger partial charge in [0.25, 0.3) is 0 Å². The Morgan fingerprint density at radius 2 is 2.00 bits per heavy atom. The van der Waals surface area contributed by atoms with Crippen LogP contribution in [0.5, 0.6) is 0 Å². The van der Waals surface area contributed by atoms with Gasteiger partial charge in [0.2, 0.25) is 0 Å². The molecule has 5 heteroatoms. The van der Waals surface area contributed by atoms with Crippen LogP contribution in [-0.2, 0) is 0 Å². The highest BCUT2D eigenvalue weighted by Crippen LogP contribution is 2.18. The fourth-order valence-electron chi connectivity index (χ4n) is 1.64. The third-order valence-corrected chi connectivity index (χ3v) is 2.48. The molecule has 0 saturated carbocycles. The molecule has 0 radical (unpaired) electrons. The van der Waals surface area contributed by atoms with Crippen LogP contribution in [0.4, 0.5) is 4.39 Å². The third kappa shape index (κ3) is 1.98. The summed E-state index contributed by atoms with van der Waals surface area (Å²) in [4.78, 5) is 8.46. The second kappa shape index (κ2) is 4.37. The Bertz CT molecular complexity index is 664. The van der Waals surface area contributed by atoms with Crippen molar-refractivity contribution in [3.8, 4) is 22.9 Å². The first kappa shape index (κ1) is 10.6. The quantitative estimate of drug-likeness (QED) is 0.749. The number of benzene rings is 1. The average Bonchev–Trinajstić information content (AvgIpc) is 2.89. The van der Waals surface area contributed by atoms with E-state index in [2.05, 4.69) is 20.2 Å². The summed E-state index contributed by atoms with van der Waals surface area (Å²) in [5.41, 5.74) is 1.33. The van der Waals surface area contributed by atoms with Gasteiger partial charge in [0.15, 0.2) is 11.6 Å². The molecule has 1 aromatic carbocycles. The number of nitrogens with zero attached hydrogens (tertiary/aromatic N) is 3. The van der Waals surface area contributed by atoms with Gasteiger partial charge in [0.05, 0.1) is 0 Å². The van der Waals surface area contributed by atoms with E-state index >= 15 is 0 Å². The maximum absolute atomic E-state index is 13.1. The highest BCUT2D eigenvalue weighted by molar-refractivity contribution is 5.58. The van der Waals surface area contributed by atoms with Crippen LogP contribution in [0.3, 0.4) is 0 Å². The van der Waals surface area contributed by atoms with Gasteiger partial charge in [-0.3, -0.25) is 10.1 Å². The molecule has 88 valence electrons. The summed E-state index contributed by atoms with van der Waals surface area (Å²) < 4.78 is 13.1.